The fourth-order valence-corrected chi connectivity index (χ4v) is 5.96. The van der Waals surface area contributed by atoms with E-state index in [9.17, 15) is 14.3 Å². The van der Waals surface area contributed by atoms with E-state index in [1.807, 2.05) is 21.1 Å². The number of hydrogen-bond acceptors (Lipinski definition) is 6. The summed E-state index contributed by atoms with van der Waals surface area (Å²) in [7, 11) is 1.61. The highest BCUT2D eigenvalue weighted by molar-refractivity contribution is 7.47. The second-order valence-corrected chi connectivity index (χ2v) is 16.8. The number of ether oxygens (including phenoxy) is 2. The molecule has 0 aliphatic heterocycles. The Morgan fingerprint density at radius 3 is 1.54 bits per heavy atom. The predicted molar refractivity (Wildman–Crippen MR) is 242 cm³/mol. The van der Waals surface area contributed by atoms with Crippen molar-refractivity contribution < 1.29 is 37.3 Å². The Hall–Kier alpha value is -2.58. The largest absolute Gasteiger partial charge is 0.472 e. The minimum Gasteiger partial charge on any atom is -0.457 e. The van der Waals surface area contributed by atoms with Gasteiger partial charge >= 0.3 is 13.8 Å². The predicted octanol–water partition coefficient (Wildman–Crippen LogP) is 13.0. The molecule has 0 saturated carbocycles. The molecule has 8 nitrogen and oxygen atoms in total. The van der Waals surface area contributed by atoms with Crippen molar-refractivity contribution in [1.82, 2.24) is 0 Å². The third-order valence-corrected chi connectivity index (χ3v) is 9.61. The molecule has 9 heteroatoms. The van der Waals surface area contributed by atoms with E-state index in [4.69, 9.17) is 18.5 Å². The molecule has 0 aliphatic carbocycles. The van der Waals surface area contributed by atoms with E-state index < -0.39 is 13.9 Å². The SMILES string of the molecule is CC/C=C\C/C=C\C/C=C\C/C=C\C/C=C\C/C=C\C/C=C\CCCCOCC(COP(=O)(O)OCC[N+](C)(C)C)OC(=O)CCCCCCC/C=C\CCCC. The van der Waals surface area contributed by atoms with Crippen LogP contribution in [0.5, 0.6) is 0 Å². The van der Waals surface area contributed by atoms with Crippen LogP contribution in [0, 0.1) is 0 Å². The summed E-state index contributed by atoms with van der Waals surface area (Å²) < 4.78 is 34.9. The standard InChI is InChI=1S/C48H82NO7P/c1-6-8-10-12-14-16-18-19-20-21-22-23-24-25-26-27-28-29-30-32-34-36-38-40-43-53-45-47(46-55-57(51,52)54-44-42-49(3,4)5)56-48(50)41-39-37-35-33-31-17-15-13-11-9-7-2/h8,10,13-16,19-20,22-23,25-26,28-29,32,34,47H,6-7,9,11-12,17-18,21,24,27,30-31,33,35-46H2,1-5H3/p+1/b10-8-,15-13-,16-14-,20-19-,23-22-,26-25-,29-28-,34-32-. The Kier molecular flexibility index (Phi) is 38.4. The monoisotopic (exact) mass is 817 g/mol. The number of allylic oxidation sites excluding steroid dienone is 16. The number of unbranched alkanes of at least 4 members (excludes halogenated alkanes) is 9. The summed E-state index contributed by atoms with van der Waals surface area (Å²) >= 11 is 0. The summed E-state index contributed by atoms with van der Waals surface area (Å²) in [4.78, 5) is 22.8. The summed E-state index contributed by atoms with van der Waals surface area (Å²) in [6.07, 6.45) is 54.6. The third kappa shape index (κ3) is 44.4. The van der Waals surface area contributed by atoms with E-state index in [0.29, 0.717) is 24.1 Å². The van der Waals surface area contributed by atoms with Crippen LogP contribution in [0.25, 0.3) is 0 Å². The highest BCUT2D eigenvalue weighted by Gasteiger charge is 2.26. The normalized spacial score (nSPS) is 14.7. The zero-order chi connectivity index (χ0) is 42.0. The van der Waals surface area contributed by atoms with E-state index in [2.05, 4.69) is 111 Å². The molecule has 57 heavy (non-hydrogen) atoms. The van der Waals surface area contributed by atoms with Gasteiger partial charge in [-0.1, -0.05) is 143 Å². The van der Waals surface area contributed by atoms with Crippen LogP contribution in [0.1, 0.15) is 142 Å². The van der Waals surface area contributed by atoms with E-state index in [0.717, 1.165) is 96.3 Å². The zero-order valence-corrected chi connectivity index (χ0v) is 37.7. The molecule has 0 heterocycles. The van der Waals surface area contributed by atoms with Crippen molar-refractivity contribution in [2.75, 3.05) is 54.1 Å². The maximum Gasteiger partial charge on any atom is 0.472 e. The number of quaternary nitrogens is 1. The van der Waals surface area contributed by atoms with E-state index >= 15 is 0 Å². The number of carbonyl (C=O) groups excluding carboxylic acids is 1. The fraction of sp³-hybridized carbons (Fsp3) is 0.646. The van der Waals surface area contributed by atoms with Crippen molar-refractivity contribution in [3.8, 4) is 0 Å². The number of nitrogens with zero attached hydrogens (tertiary/aromatic N) is 1. The average Bonchev–Trinajstić information content (AvgIpc) is 3.16. The molecule has 0 aliphatic rings. The van der Waals surface area contributed by atoms with Crippen LogP contribution >= 0.6 is 7.82 Å². The van der Waals surface area contributed by atoms with Gasteiger partial charge in [-0.3, -0.25) is 13.8 Å². The van der Waals surface area contributed by atoms with Gasteiger partial charge in [0.05, 0.1) is 34.4 Å². The number of likely N-dealkylation sites (N-methyl/N-ethyl adjacent to an activating group) is 1. The smallest absolute Gasteiger partial charge is 0.457 e. The van der Waals surface area contributed by atoms with Crippen LogP contribution < -0.4 is 0 Å². The Morgan fingerprint density at radius 1 is 0.561 bits per heavy atom. The molecule has 1 N–H and O–H groups in total. The zero-order valence-electron chi connectivity index (χ0n) is 36.8. The van der Waals surface area contributed by atoms with Crippen LogP contribution in [0.4, 0.5) is 0 Å². The molecule has 2 unspecified atom stereocenters. The minimum absolute atomic E-state index is 0.0726. The van der Waals surface area contributed by atoms with Gasteiger partial charge in [0.2, 0.25) is 0 Å². The Bertz CT molecular complexity index is 1230. The Labute approximate surface area is 349 Å². The molecule has 0 saturated heterocycles. The molecule has 0 aromatic carbocycles. The Morgan fingerprint density at radius 2 is 1.02 bits per heavy atom. The lowest BCUT2D eigenvalue weighted by atomic mass is 10.1. The molecule has 0 amide bonds. The average molecular weight is 817 g/mol. The molecule has 0 rings (SSSR count). The quantitative estimate of drug-likeness (QED) is 0.0217. The molecule has 0 spiro atoms. The fourth-order valence-electron chi connectivity index (χ4n) is 5.22. The van der Waals surface area contributed by atoms with Gasteiger partial charge in [0.25, 0.3) is 0 Å². The topological polar surface area (TPSA) is 91.3 Å². The van der Waals surface area contributed by atoms with Gasteiger partial charge in [0, 0.05) is 13.0 Å². The van der Waals surface area contributed by atoms with Crippen LogP contribution in [0.15, 0.2) is 97.2 Å². The number of phosphoric acid groups is 1. The molecule has 326 valence electrons. The first-order valence-electron chi connectivity index (χ1n) is 22.0. The molecule has 0 radical (unpaired) electrons. The van der Waals surface area contributed by atoms with Gasteiger partial charge in [0.1, 0.15) is 19.3 Å². The van der Waals surface area contributed by atoms with Crippen LogP contribution in [-0.4, -0.2) is 75.6 Å². The number of rotatable bonds is 39. The van der Waals surface area contributed by atoms with Crippen molar-refractivity contribution in [2.45, 2.75) is 148 Å². The second-order valence-electron chi connectivity index (χ2n) is 15.3. The summed E-state index contributed by atoms with van der Waals surface area (Å²) in [6, 6.07) is 0. The van der Waals surface area contributed by atoms with Crippen LogP contribution in [0.3, 0.4) is 0 Å². The highest BCUT2D eigenvalue weighted by atomic mass is 31.2. The molecule has 0 aromatic heterocycles. The van der Waals surface area contributed by atoms with Crippen LogP contribution in [-0.2, 0) is 27.9 Å². The summed E-state index contributed by atoms with van der Waals surface area (Å²) in [5, 5.41) is 0. The number of phosphoric ester groups is 1. The second kappa shape index (κ2) is 40.2. The van der Waals surface area contributed by atoms with Gasteiger partial charge in [0.15, 0.2) is 0 Å². The third-order valence-electron chi connectivity index (χ3n) is 8.63. The van der Waals surface area contributed by atoms with Crippen LogP contribution in [0.2, 0.25) is 0 Å². The van der Waals surface area contributed by atoms with Crippen molar-refractivity contribution in [3.05, 3.63) is 97.2 Å². The van der Waals surface area contributed by atoms with E-state index in [1.54, 1.807) is 0 Å². The summed E-state index contributed by atoms with van der Waals surface area (Å²) in [5.74, 6) is -0.346. The summed E-state index contributed by atoms with van der Waals surface area (Å²) in [6.45, 7) is 5.30. The van der Waals surface area contributed by atoms with Crippen molar-refractivity contribution >= 4 is 13.8 Å². The first kappa shape index (κ1) is 54.4. The maximum absolute atomic E-state index is 12.6. The number of esters is 1. The maximum atomic E-state index is 12.6. The van der Waals surface area contributed by atoms with Crippen molar-refractivity contribution in [1.29, 1.82) is 0 Å². The van der Waals surface area contributed by atoms with Gasteiger partial charge in [-0.05, 0) is 89.9 Å². The lowest BCUT2D eigenvalue weighted by molar-refractivity contribution is -0.870. The lowest BCUT2D eigenvalue weighted by Crippen LogP contribution is -2.37. The first-order chi connectivity index (χ1) is 27.6. The molecule has 0 fully saturated rings. The minimum atomic E-state index is -4.29. The number of hydrogen-bond donors (Lipinski definition) is 1. The molecular formula is C48H83NO7P+. The number of carbonyl (C=O) groups is 1. The molecular weight excluding hydrogens is 734 g/mol. The van der Waals surface area contributed by atoms with Gasteiger partial charge in [-0.15, -0.1) is 0 Å². The van der Waals surface area contributed by atoms with Gasteiger partial charge in [-0.2, -0.15) is 0 Å². The molecule has 2 atom stereocenters. The lowest BCUT2D eigenvalue weighted by Gasteiger charge is -2.24. The van der Waals surface area contributed by atoms with Crippen molar-refractivity contribution in [2.24, 2.45) is 0 Å². The first-order valence-corrected chi connectivity index (χ1v) is 23.5. The van der Waals surface area contributed by atoms with Gasteiger partial charge in [-0.25, -0.2) is 4.57 Å². The van der Waals surface area contributed by atoms with Gasteiger partial charge < -0.3 is 18.9 Å². The van der Waals surface area contributed by atoms with E-state index in [-0.39, 0.29) is 25.8 Å². The Balaban J connectivity index is 4.31. The van der Waals surface area contributed by atoms with E-state index in [1.165, 1.54) is 25.7 Å². The molecule has 0 bridgehead atoms. The molecule has 0 aromatic rings. The summed E-state index contributed by atoms with van der Waals surface area (Å²) in [5.41, 5.74) is 0. The van der Waals surface area contributed by atoms with Crippen molar-refractivity contribution in [3.63, 3.8) is 0 Å². The highest BCUT2D eigenvalue weighted by Crippen LogP contribution is 2.43.